The summed E-state index contributed by atoms with van der Waals surface area (Å²) in [5, 5.41) is 9.14. The monoisotopic (exact) mass is 549 g/mol. The van der Waals surface area contributed by atoms with Gasteiger partial charge >= 0.3 is 11.7 Å². The third-order valence-electron chi connectivity index (χ3n) is 7.13. The van der Waals surface area contributed by atoms with Gasteiger partial charge in [-0.25, -0.2) is 9.59 Å². The lowest BCUT2D eigenvalue weighted by molar-refractivity contribution is -0.126. The van der Waals surface area contributed by atoms with Crippen molar-refractivity contribution in [2.24, 2.45) is 11.8 Å². The quantitative estimate of drug-likeness (QED) is 0.331. The highest BCUT2D eigenvalue weighted by Gasteiger charge is 2.30. The third kappa shape index (κ3) is 7.80. The molecule has 214 valence electrons. The van der Waals surface area contributed by atoms with Crippen molar-refractivity contribution in [2.75, 3.05) is 23.7 Å². The normalized spacial score (nSPS) is 14.9. The van der Waals surface area contributed by atoms with Crippen LogP contribution < -0.4 is 21.6 Å². The maximum Gasteiger partial charge on any atom is 0.412 e. The lowest BCUT2D eigenvalue weighted by Gasteiger charge is -2.29. The van der Waals surface area contributed by atoms with Crippen LogP contribution in [0.15, 0.2) is 45.7 Å². The second-order valence-electron chi connectivity index (χ2n) is 11.3. The molecule has 1 unspecified atom stereocenters. The summed E-state index contributed by atoms with van der Waals surface area (Å²) in [6, 6.07) is 9.14. The van der Waals surface area contributed by atoms with Crippen molar-refractivity contribution >= 4 is 34.6 Å². The largest absolute Gasteiger partial charge is 0.444 e. The predicted octanol–water partition coefficient (Wildman–Crippen LogP) is 5.21. The first-order valence-corrected chi connectivity index (χ1v) is 14.0. The van der Waals surface area contributed by atoms with Crippen molar-refractivity contribution in [1.82, 2.24) is 15.3 Å². The molecule has 1 aliphatic rings. The number of hydrogen-bond acceptors (Lipinski definition) is 8. The van der Waals surface area contributed by atoms with Gasteiger partial charge in [0.1, 0.15) is 5.60 Å². The number of carbonyl (C=O) groups excluding carboxylic acids is 2. The number of pyridine rings is 1. The minimum absolute atomic E-state index is 0.0211. The molecule has 40 heavy (non-hydrogen) atoms. The maximum absolute atomic E-state index is 13.3. The molecular weight excluding hydrogens is 510 g/mol. The van der Waals surface area contributed by atoms with Gasteiger partial charge in [-0.2, -0.15) is 4.98 Å². The number of nitrogens with one attached hydrogen (secondary N) is 3. The molecule has 0 radical (unpaired) electrons. The van der Waals surface area contributed by atoms with Gasteiger partial charge in [-0.15, -0.1) is 0 Å². The zero-order valence-corrected chi connectivity index (χ0v) is 23.7. The molecule has 0 spiro atoms. The van der Waals surface area contributed by atoms with Gasteiger partial charge in [0.05, 0.1) is 16.8 Å². The summed E-state index contributed by atoms with van der Waals surface area (Å²) in [4.78, 5) is 47.3. The smallest absolute Gasteiger partial charge is 0.412 e. The Hall–Kier alpha value is -3.95. The Morgan fingerprint density at radius 2 is 1.90 bits per heavy atom. The van der Waals surface area contributed by atoms with Crippen LogP contribution >= 0.6 is 0 Å². The Morgan fingerprint density at radius 1 is 1.12 bits per heavy atom. The molecular formula is C30H39N5O5. The Bertz CT molecular complexity index is 1380. The fraction of sp³-hybridized carbons (Fsp3) is 0.500. The van der Waals surface area contributed by atoms with E-state index in [1.807, 2.05) is 18.2 Å². The standard InChI is InChI=1S/C30H39N5O5/c1-19-23(35-29(38)40-30(2,3)4)13-14-24-25(19)27(37)39-28(34-24)33-18-22(20-10-6-5-7-11-20)26(36)32-17-15-21-12-8-9-16-31-21/h8-9,12-14,16,20,22H,5-7,10-11,15,17-18H2,1-4H3,(H,32,36)(H,33,34)(H,35,38). The Kier molecular flexibility index (Phi) is 9.39. The number of rotatable bonds is 9. The van der Waals surface area contributed by atoms with Crippen LogP contribution in [0.2, 0.25) is 0 Å². The first kappa shape index (κ1) is 29.0. The van der Waals surface area contributed by atoms with Gasteiger partial charge < -0.3 is 19.8 Å². The molecule has 1 fully saturated rings. The van der Waals surface area contributed by atoms with Crippen LogP contribution in [-0.4, -0.2) is 40.7 Å². The average Bonchev–Trinajstić information content (AvgIpc) is 2.90. The minimum Gasteiger partial charge on any atom is -0.444 e. The van der Waals surface area contributed by atoms with E-state index >= 15 is 0 Å². The Balaban J connectivity index is 1.46. The number of carbonyl (C=O) groups is 2. The molecule has 10 heteroatoms. The number of amides is 2. The van der Waals surface area contributed by atoms with Crippen molar-refractivity contribution in [3.63, 3.8) is 0 Å². The maximum atomic E-state index is 13.3. The second kappa shape index (κ2) is 12.9. The number of anilines is 2. The van der Waals surface area contributed by atoms with E-state index in [1.165, 1.54) is 6.42 Å². The van der Waals surface area contributed by atoms with Crippen LogP contribution in [-0.2, 0) is 16.0 Å². The van der Waals surface area contributed by atoms with Gasteiger partial charge in [0.25, 0.3) is 6.01 Å². The number of hydrogen-bond donors (Lipinski definition) is 3. The minimum atomic E-state index is -0.651. The van der Waals surface area contributed by atoms with Crippen molar-refractivity contribution in [3.05, 3.63) is 58.2 Å². The Morgan fingerprint density at radius 3 is 2.60 bits per heavy atom. The second-order valence-corrected chi connectivity index (χ2v) is 11.3. The van der Waals surface area contributed by atoms with Crippen molar-refractivity contribution in [2.45, 2.75) is 71.8 Å². The summed E-state index contributed by atoms with van der Waals surface area (Å²) in [7, 11) is 0. The summed E-state index contributed by atoms with van der Waals surface area (Å²) >= 11 is 0. The molecule has 1 saturated carbocycles. The molecule has 3 aromatic rings. The van der Waals surface area contributed by atoms with E-state index in [9.17, 15) is 14.4 Å². The third-order valence-corrected chi connectivity index (χ3v) is 7.13. The van der Waals surface area contributed by atoms with Crippen LogP contribution in [0.1, 0.15) is 64.1 Å². The molecule has 0 bridgehead atoms. The molecule has 2 heterocycles. The van der Waals surface area contributed by atoms with E-state index in [2.05, 4.69) is 25.9 Å². The SMILES string of the molecule is Cc1c(NC(=O)OC(C)(C)C)ccc2nc(NCC(C(=O)NCCc3ccccn3)C3CCCCC3)oc(=O)c12. The van der Waals surface area contributed by atoms with Gasteiger partial charge in [-0.05, 0) is 76.3 Å². The van der Waals surface area contributed by atoms with Crippen LogP contribution in [0.3, 0.4) is 0 Å². The zero-order chi connectivity index (χ0) is 28.7. The van der Waals surface area contributed by atoms with Crippen molar-refractivity contribution in [1.29, 1.82) is 0 Å². The molecule has 10 nitrogen and oxygen atoms in total. The molecule has 2 aromatic heterocycles. The topological polar surface area (TPSA) is 135 Å². The highest BCUT2D eigenvalue weighted by Crippen LogP contribution is 2.31. The zero-order valence-electron chi connectivity index (χ0n) is 23.7. The summed E-state index contributed by atoms with van der Waals surface area (Å²) in [5.74, 6) is -0.0619. The van der Waals surface area contributed by atoms with Crippen LogP contribution in [0.5, 0.6) is 0 Å². The highest BCUT2D eigenvalue weighted by molar-refractivity contribution is 5.93. The molecule has 1 aliphatic carbocycles. The van der Waals surface area contributed by atoms with E-state index in [0.717, 1.165) is 31.4 Å². The molecule has 2 amide bonds. The molecule has 0 aliphatic heterocycles. The predicted molar refractivity (Wildman–Crippen MR) is 154 cm³/mol. The number of nitrogens with zero attached hydrogens (tertiary/aromatic N) is 2. The lowest BCUT2D eigenvalue weighted by atomic mass is 9.79. The van der Waals surface area contributed by atoms with Gasteiger partial charge in [-0.1, -0.05) is 25.3 Å². The van der Waals surface area contributed by atoms with E-state index in [4.69, 9.17) is 9.15 Å². The van der Waals surface area contributed by atoms with Crippen LogP contribution in [0.25, 0.3) is 10.9 Å². The Labute approximate surface area is 234 Å². The number of ether oxygens (including phenoxy) is 1. The van der Waals surface area contributed by atoms with E-state index in [0.29, 0.717) is 36.3 Å². The summed E-state index contributed by atoms with van der Waals surface area (Å²) < 4.78 is 10.8. The van der Waals surface area contributed by atoms with E-state index in [1.54, 1.807) is 46.0 Å². The summed E-state index contributed by atoms with van der Waals surface area (Å²) in [6.45, 7) is 7.85. The van der Waals surface area contributed by atoms with Gasteiger partial charge in [0.2, 0.25) is 5.91 Å². The van der Waals surface area contributed by atoms with E-state index in [-0.39, 0.29) is 29.1 Å². The van der Waals surface area contributed by atoms with Gasteiger partial charge in [0, 0.05) is 37.1 Å². The molecule has 0 saturated heterocycles. The number of aryl methyl sites for hydroxylation is 1. The number of aromatic nitrogens is 2. The highest BCUT2D eigenvalue weighted by atomic mass is 16.6. The van der Waals surface area contributed by atoms with Gasteiger partial charge in [-0.3, -0.25) is 15.1 Å². The number of benzene rings is 1. The molecule has 4 rings (SSSR count). The summed E-state index contributed by atoms with van der Waals surface area (Å²) in [6.07, 6.45) is 7.15. The fourth-order valence-electron chi connectivity index (χ4n) is 5.14. The molecule has 3 N–H and O–H groups in total. The average molecular weight is 550 g/mol. The van der Waals surface area contributed by atoms with E-state index < -0.39 is 17.3 Å². The van der Waals surface area contributed by atoms with Crippen LogP contribution in [0.4, 0.5) is 16.5 Å². The van der Waals surface area contributed by atoms with Gasteiger partial charge in [0.15, 0.2) is 0 Å². The van der Waals surface area contributed by atoms with Crippen molar-refractivity contribution in [3.8, 4) is 0 Å². The van der Waals surface area contributed by atoms with Crippen LogP contribution in [0, 0.1) is 18.8 Å². The fourth-order valence-corrected chi connectivity index (χ4v) is 5.14. The number of fused-ring (bicyclic) bond motifs is 1. The molecule has 1 aromatic carbocycles. The first-order valence-electron chi connectivity index (χ1n) is 14.0. The summed E-state index contributed by atoms with van der Waals surface area (Å²) in [5.41, 5.74) is 1.10. The molecule has 1 atom stereocenters. The lowest BCUT2D eigenvalue weighted by Crippen LogP contribution is -2.40. The van der Waals surface area contributed by atoms with Crippen molar-refractivity contribution < 1.29 is 18.7 Å². The first-order chi connectivity index (χ1) is 19.1.